The molecule has 6 heteroatoms. The molecular weight excluding hydrogens is 360 g/mol. The smallest absolute Gasteiger partial charge is 0.241 e. The molecule has 1 fully saturated rings. The Balaban J connectivity index is 1.70. The lowest BCUT2D eigenvalue weighted by atomic mass is 10.1. The Morgan fingerprint density at radius 1 is 1.00 bits per heavy atom. The van der Waals surface area contributed by atoms with E-state index in [1.807, 2.05) is 45.0 Å². The monoisotopic (exact) mass is 388 g/mol. The number of benzene rings is 2. The van der Waals surface area contributed by atoms with E-state index in [9.17, 15) is 8.42 Å². The third-order valence-corrected chi connectivity index (χ3v) is 6.55. The van der Waals surface area contributed by atoms with Crippen LogP contribution in [0.4, 0.5) is 0 Å². The zero-order valence-corrected chi connectivity index (χ0v) is 17.1. The molecule has 0 unspecified atom stereocenters. The summed E-state index contributed by atoms with van der Waals surface area (Å²) in [6, 6.07) is 11.9. The average Bonchev–Trinajstić information content (AvgIpc) is 2.60. The molecule has 2 aromatic carbocycles. The number of sulfonamides is 1. The highest BCUT2D eigenvalue weighted by Gasteiger charge is 2.19. The number of aryl methyl sites for hydroxylation is 3. The third kappa shape index (κ3) is 5.17. The number of nitrogens with zero attached hydrogens (tertiary/aromatic N) is 1. The molecule has 0 aliphatic carbocycles. The summed E-state index contributed by atoms with van der Waals surface area (Å²) in [5, 5.41) is 0. The van der Waals surface area contributed by atoms with Crippen molar-refractivity contribution in [2.45, 2.75) is 38.8 Å². The molecule has 3 rings (SSSR count). The van der Waals surface area contributed by atoms with Gasteiger partial charge in [-0.1, -0.05) is 42.0 Å². The van der Waals surface area contributed by atoms with Crippen LogP contribution in [0.3, 0.4) is 0 Å². The normalized spacial score (nSPS) is 15.8. The highest BCUT2D eigenvalue weighted by atomic mass is 32.2. The highest BCUT2D eigenvalue weighted by Crippen LogP contribution is 2.22. The largest absolute Gasteiger partial charge is 0.379 e. The van der Waals surface area contributed by atoms with Gasteiger partial charge in [0.25, 0.3) is 0 Å². The summed E-state index contributed by atoms with van der Waals surface area (Å²) >= 11 is 0. The van der Waals surface area contributed by atoms with E-state index in [2.05, 4.69) is 21.8 Å². The maximum Gasteiger partial charge on any atom is 0.241 e. The predicted octanol–water partition coefficient (Wildman–Crippen LogP) is 2.92. The van der Waals surface area contributed by atoms with Crippen LogP contribution in [0, 0.1) is 20.8 Å². The summed E-state index contributed by atoms with van der Waals surface area (Å²) < 4.78 is 33.8. The Morgan fingerprint density at radius 3 is 2.30 bits per heavy atom. The maximum absolute atomic E-state index is 12.8. The number of hydrogen-bond acceptors (Lipinski definition) is 4. The first kappa shape index (κ1) is 20.0. The fraction of sp³-hybridized carbons (Fsp3) is 0.429. The van der Waals surface area contributed by atoms with Crippen molar-refractivity contribution in [3.05, 3.63) is 64.2 Å². The molecule has 0 aromatic heterocycles. The fourth-order valence-corrected chi connectivity index (χ4v) is 5.16. The Morgan fingerprint density at radius 2 is 1.63 bits per heavy atom. The Bertz CT molecular complexity index is 880. The standard InChI is InChI=1S/C21H28N2O3S/c1-16-11-17(2)21(18(3)12-16)27(24,25)22-14-19-5-4-6-20(13-19)15-23-7-9-26-10-8-23/h4-6,11-13,22H,7-10,14-15H2,1-3H3. The Labute approximate surface area is 162 Å². The van der Waals surface area contributed by atoms with Crippen LogP contribution in [0.25, 0.3) is 0 Å². The van der Waals surface area contributed by atoms with Crippen molar-refractivity contribution in [3.63, 3.8) is 0 Å². The number of hydrogen-bond donors (Lipinski definition) is 1. The minimum Gasteiger partial charge on any atom is -0.379 e. The molecule has 0 bridgehead atoms. The van der Waals surface area contributed by atoms with E-state index in [-0.39, 0.29) is 6.54 Å². The summed E-state index contributed by atoms with van der Waals surface area (Å²) in [6.07, 6.45) is 0. The molecule has 1 saturated heterocycles. The van der Waals surface area contributed by atoms with Crippen molar-refractivity contribution in [2.75, 3.05) is 26.3 Å². The van der Waals surface area contributed by atoms with Gasteiger partial charge in [-0.2, -0.15) is 0 Å². The van der Waals surface area contributed by atoms with Gasteiger partial charge < -0.3 is 4.74 Å². The lowest BCUT2D eigenvalue weighted by molar-refractivity contribution is 0.0342. The van der Waals surface area contributed by atoms with Gasteiger partial charge in [0, 0.05) is 26.2 Å². The van der Waals surface area contributed by atoms with E-state index in [1.165, 1.54) is 5.56 Å². The molecule has 1 aliphatic rings. The van der Waals surface area contributed by atoms with E-state index < -0.39 is 10.0 Å². The maximum atomic E-state index is 12.8. The first-order chi connectivity index (χ1) is 12.8. The van der Waals surface area contributed by atoms with E-state index in [0.717, 1.165) is 55.1 Å². The van der Waals surface area contributed by atoms with Gasteiger partial charge in [-0.3, -0.25) is 4.90 Å². The summed E-state index contributed by atoms with van der Waals surface area (Å²) in [5.74, 6) is 0. The summed E-state index contributed by atoms with van der Waals surface area (Å²) in [4.78, 5) is 2.74. The summed E-state index contributed by atoms with van der Waals surface area (Å²) in [6.45, 7) is 10.2. The molecule has 0 amide bonds. The van der Waals surface area contributed by atoms with E-state index in [1.54, 1.807) is 0 Å². The molecule has 146 valence electrons. The lowest BCUT2D eigenvalue weighted by Gasteiger charge is -2.26. The molecule has 0 atom stereocenters. The molecule has 1 N–H and O–H groups in total. The van der Waals surface area contributed by atoms with Gasteiger partial charge in [0.1, 0.15) is 0 Å². The molecule has 1 aliphatic heterocycles. The van der Waals surface area contributed by atoms with Crippen LogP contribution >= 0.6 is 0 Å². The zero-order chi connectivity index (χ0) is 19.4. The first-order valence-corrected chi connectivity index (χ1v) is 10.8. The van der Waals surface area contributed by atoms with Gasteiger partial charge in [-0.05, 0) is 43.0 Å². The number of rotatable bonds is 6. The van der Waals surface area contributed by atoms with E-state index >= 15 is 0 Å². The second kappa shape index (κ2) is 8.52. The molecule has 27 heavy (non-hydrogen) atoms. The molecular formula is C21H28N2O3S. The van der Waals surface area contributed by atoms with Crippen LogP contribution in [0.2, 0.25) is 0 Å². The lowest BCUT2D eigenvalue weighted by Crippen LogP contribution is -2.35. The summed E-state index contributed by atoms with van der Waals surface area (Å²) in [7, 11) is -3.55. The number of nitrogens with one attached hydrogen (secondary N) is 1. The van der Waals surface area contributed by atoms with Crippen molar-refractivity contribution in [1.82, 2.24) is 9.62 Å². The van der Waals surface area contributed by atoms with Gasteiger partial charge in [0.15, 0.2) is 0 Å². The fourth-order valence-electron chi connectivity index (χ4n) is 3.70. The minimum atomic E-state index is -3.55. The van der Waals surface area contributed by atoms with Crippen molar-refractivity contribution in [1.29, 1.82) is 0 Å². The molecule has 0 saturated carbocycles. The van der Waals surface area contributed by atoms with Crippen LogP contribution in [0.5, 0.6) is 0 Å². The van der Waals surface area contributed by atoms with Crippen molar-refractivity contribution in [3.8, 4) is 0 Å². The van der Waals surface area contributed by atoms with Crippen LogP contribution in [0.1, 0.15) is 27.8 Å². The van der Waals surface area contributed by atoms with E-state index in [0.29, 0.717) is 4.90 Å². The highest BCUT2D eigenvalue weighted by molar-refractivity contribution is 7.89. The second-order valence-electron chi connectivity index (χ2n) is 7.26. The van der Waals surface area contributed by atoms with Crippen LogP contribution in [-0.4, -0.2) is 39.6 Å². The van der Waals surface area contributed by atoms with Gasteiger partial charge >= 0.3 is 0 Å². The topological polar surface area (TPSA) is 58.6 Å². The van der Waals surface area contributed by atoms with Gasteiger partial charge in [0.2, 0.25) is 10.0 Å². The zero-order valence-electron chi connectivity index (χ0n) is 16.3. The Hall–Kier alpha value is -1.73. The number of morpholine rings is 1. The number of ether oxygens (including phenoxy) is 1. The molecule has 5 nitrogen and oxygen atoms in total. The Kier molecular flexibility index (Phi) is 6.32. The molecule has 0 radical (unpaired) electrons. The second-order valence-corrected chi connectivity index (χ2v) is 8.96. The molecule has 2 aromatic rings. The van der Waals surface area contributed by atoms with Crippen molar-refractivity contribution >= 4 is 10.0 Å². The first-order valence-electron chi connectivity index (χ1n) is 9.30. The van der Waals surface area contributed by atoms with Crippen molar-refractivity contribution < 1.29 is 13.2 Å². The molecule has 0 spiro atoms. The van der Waals surface area contributed by atoms with Crippen LogP contribution in [0.15, 0.2) is 41.3 Å². The van der Waals surface area contributed by atoms with Crippen molar-refractivity contribution in [2.24, 2.45) is 0 Å². The quantitative estimate of drug-likeness (QED) is 0.827. The molecule has 1 heterocycles. The van der Waals surface area contributed by atoms with Gasteiger partial charge in [-0.25, -0.2) is 13.1 Å². The summed E-state index contributed by atoms with van der Waals surface area (Å²) in [5.41, 5.74) is 4.78. The predicted molar refractivity (Wildman–Crippen MR) is 107 cm³/mol. The van der Waals surface area contributed by atoms with E-state index in [4.69, 9.17) is 4.74 Å². The third-order valence-electron chi connectivity index (χ3n) is 4.84. The van der Waals surface area contributed by atoms with Crippen LogP contribution in [-0.2, 0) is 27.8 Å². The SMILES string of the molecule is Cc1cc(C)c(S(=O)(=O)NCc2cccc(CN3CCOCC3)c2)c(C)c1. The van der Waals surface area contributed by atoms with Gasteiger partial charge in [-0.15, -0.1) is 0 Å². The van der Waals surface area contributed by atoms with Crippen LogP contribution < -0.4 is 4.72 Å². The minimum absolute atomic E-state index is 0.284. The van der Waals surface area contributed by atoms with Gasteiger partial charge in [0.05, 0.1) is 18.1 Å². The average molecular weight is 389 g/mol.